The van der Waals surface area contributed by atoms with Gasteiger partial charge in [0.15, 0.2) is 0 Å². The fraction of sp³-hybridized carbons (Fsp3) is 0.286. The normalized spacial score (nSPS) is 15.1. The Morgan fingerprint density at radius 3 is 2.57 bits per heavy atom. The predicted octanol–water partition coefficient (Wildman–Crippen LogP) is -0.341. The van der Waals surface area contributed by atoms with Gasteiger partial charge in [-0.25, -0.2) is 4.39 Å². The lowest BCUT2D eigenvalue weighted by atomic mass is 10.1. The van der Waals surface area contributed by atoms with Crippen LogP contribution in [0.4, 0.5) is 10.3 Å². The van der Waals surface area contributed by atoms with Crippen LogP contribution >= 0.6 is 0 Å². The zero-order valence-corrected chi connectivity index (χ0v) is 23.4. The smallest absolute Gasteiger partial charge is 0.295 e. The van der Waals surface area contributed by atoms with Gasteiger partial charge in [0.25, 0.3) is 11.7 Å². The molecule has 1 saturated heterocycles. The second kappa shape index (κ2) is 12.2. The molecule has 42 heavy (non-hydrogen) atoms. The molecular formula is C28H32FN11O2. The number of Topliss-reactive ketones (excluding diaryl/α,β-unsaturated/α-hetero) is 1. The molecule has 1 amide bonds. The van der Waals surface area contributed by atoms with E-state index in [9.17, 15) is 9.59 Å². The standard InChI is InChI=1S/C28H32FN11O2/c1-4-21(29)23-20(18-31-25(23)24(30)22-10-11-39(33-22)17-12-36(2)3)26(41)27(42)37-13-15-38(16-14-37)28-32-34-35-40(28)19-8-6-5-7-9-19/h4-11,18,31H,1,12-17,30H2,2-3H3/b23-21+,25-24+. The zero-order chi connectivity index (χ0) is 29.8. The number of tetrazole rings is 1. The number of para-hydroxylation sites is 1. The lowest BCUT2D eigenvalue weighted by molar-refractivity contribution is -0.126. The van der Waals surface area contributed by atoms with E-state index in [0.29, 0.717) is 31.3 Å². The molecule has 0 unspecified atom stereocenters. The number of carbonyl (C=O) groups is 2. The third kappa shape index (κ3) is 5.69. The molecule has 14 heteroatoms. The maximum absolute atomic E-state index is 15.1. The maximum atomic E-state index is 15.1. The van der Waals surface area contributed by atoms with E-state index >= 15 is 4.39 Å². The van der Waals surface area contributed by atoms with Gasteiger partial charge in [0.05, 0.1) is 28.8 Å². The van der Waals surface area contributed by atoms with Gasteiger partial charge in [-0.15, -0.1) is 0 Å². The number of nitrogens with two attached hydrogens (primary N) is 1. The summed E-state index contributed by atoms with van der Waals surface area (Å²) in [4.78, 5) is 35.0. The molecule has 0 radical (unpaired) electrons. The van der Waals surface area contributed by atoms with Gasteiger partial charge in [-0.2, -0.15) is 9.78 Å². The van der Waals surface area contributed by atoms with Crippen molar-refractivity contribution in [1.29, 1.82) is 0 Å². The summed E-state index contributed by atoms with van der Waals surface area (Å²) in [5.74, 6) is -1.84. The summed E-state index contributed by atoms with van der Waals surface area (Å²) in [5.41, 5.74) is 7.61. The van der Waals surface area contributed by atoms with Gasteiger partial charge in [0.1, 0.15) is 11.5 Å². The monoisotopic (exact) mass is 573 g/mol. The molecule has 1 aliphatic heterocycles. The third-order valence-electron chi connectivity index (χ3n) is 7.00. The van der Waals surface area contributed by atoms with Crippen LogP contribution in [0.3, 0.4) is 0 Å². The number of likely N-dealkylation sites (N-methyl/N-ethyl adjacent to an activating group) is 1. The number of allylic oxidation sites excluding steroid dienone is 1. The number of anilines is 1. The summed E-state index contributed by atoms with van der Waals surface area (Å²) >= 11 is 0. The van der Waals surface area contributed by atoms with Crippen molar-refractivity contribution in [2.75, 3.05) is 51.7 Å². The molecule has 0 bridgehead atoms. The minimum Gasteiger partial charge on any atom is -0.395 e. The summed E-state index contributed by atoms with van der Waals surface area (Å²) in [7, 11) is 3.92. The number of ketones is 1. The van der Waals surface area contributed by atoms with Crippen LogP contribution < -0.4 is 21.2 Å². The number of piperazine rings is 1. The highest BCUT2D eigenvalue weighted by Crippen LogP contribution is 2.17. The first-order valence-corrected chi connectivity index (χ1v) is 13.4. The molecule has 5 rings (SSSR count). The van der Waals surface area contributed by atoms with E-state index in [2.05, 4.69) is 32.2 Å². The van der Waals surface area contributed by atoms with Crippen molar-refractivity contribution < 1.29 is 14.0 Å². The average Bonchev–Trinajstić information content (AvgIpc) is 3.79. The molecule has 0 spiro atoms. The quantitative estimate of drug-likeness (QED) is 0.203. The van der Waals surface area contributed by atoms with Gasteiger partial charge in [0.2, 0.25) is 5.95 Å². The largest absolute Gasteiger partial charge is 0.395 e. The third-order valence-corrected chi connectivity index (χ3v) is 7.00. The predicted molar refractivity (Wildman–Crippen MR) is 155 cm³/mol. The van der Waals surface area contributed by atoms with Crippen molar-refractivity contribution in [2.45, 2.75) is 6.54 Å². The number of halogens is 1. The number of carbonyl (C=O) groups excluding carboxylic acids is 2. The number of aromatic nitrogens is 7. The van der Waals surface area contributed by atoms with Crippen molar-refractivity contribution in [2.24, 2.45) is 5.73 Å². The van der Waals surface area contributed by atoms with Crippen LogP contribution in [0.5, 0.6) is 0 Å². The Kier molecular flexibility index (Phi) is 8.24. The van der Waals surface area contributed by atoms with Crippen LogP contribution in [0.1, 0.15) is 16.1 Å². The molecular weight excluding hydrogens is 541 g/mol. The first-order valence-electron chi connectivity index (χ1n) is 13.4. The minimum atomic E-state index is -0.851. The van der Waals surface area contributed by atoms with Crippen LogP contribution in [0.15, 0.2) is 61.4 Å². The van der Waals surface area contributed by atoms with Crippen molar-refractivity contribution >= 4 is 29.2 Å². The Bertz CT molecular complexity index is 1710. The van der Waals surface area contributed by atoms with E-state index in [1.165, 1.54) is 11.1 Å². The number of aromatic amines is 1. The van der Waals surface area contributed by atoms with Gasteiger partial charge >= 0.3 is 0 Å². The Morgan fingerprint density at radius 2 is 1.88 bits per heavy atom. The van der Waals surface area contributed by atoms with Crippen molar-refractivity contribution in [3.05, 3.63) is 83.3 Å². The Hall–Kier alpha value is -5.11. The molecule has 1 aliphatic rings. The SMILES string of the molecule is C=C/C(F)=c1/c(C(=O)C(=O)N2CCN(c3nnnn3-c3ccccc3)CC2)c[nH]/c1=C(/N)c1ccn(CCN(C)C)n1. The minimum absolute atomic E-state index is 0.121. The summed E-state index contributed by atoms with van der Waals surface area (Å²) in [6.45, 7) is 6.23. The molecule has 1 aromatic carbocycles. The second-order valence-corrected chi connectivity index (χ2v) is 10.0. The molecule has 13 nitrogen and oxygen atoms in total. The van der Waals surface area contributed by atoms with Crippen LogP contribution in [0.25, 0.3) is 17.2 Å². The second-order valence-electron chi connectivity index (χ2n) is 10.0. The number of nitrogens with one attached hydrogen (secondary N) is 1. The zero-order valence-electron chi connectivity index (χ0n) is 23.4. The van der Waals surface area contributed by atoms with E-state index < -0.39 is 17.5 Å². The fourth-order valence-electron chi connectivity index (χ4n) is 4.71. The lowest BCUT2D eigenvalue weighted by Gasteiger charge is -2.34. The molecule has 3 N–H and O–H groups in total. The number of hydrogen-bond acceptors (Lipinski definition) is 9. The number of benzene rings is 1. The Labute approximate surface area is 241 Å². The number of H-pyrrole nitrogens is 1. The van der Waals surface area contributed by atoms with E-state index in [1.807, 2.05) is 54.2 Å². The van der Waals surface area contributed by atoms with Crippen LogP contribution in [0.2, 0.25) is 0 Å². The highest BCUT2D eigenvalue weighted by atomic mass is 19.1. The van der Waals surface area contributed by atoms with Gasteiger partial charge in [-0.1, -0.05) is 29.9 Å². The Morgan fingerprint density at radius 1 is 1.14 bits per heavy atom. The molecule has 218 valence electrons. The van der Waals surface area contributed by atoms with Crippen LogP contribution in [-0.2, 0) is 11.3 Å². The van der Waals surface area contributed by atoms with Gasteiger partial charge in [-0.05, 0) is 48.8 Å². The first kappa shape index (κ1) is 28.4. The Balaban J connectivity index is 1.36. The molecule has 0 saturated carbocycles. The molecule has 4 aromatic rings. The molecule has 1 fully saturated rings. The topological polar surface area (TPSA) is 147 Å². The summed E-state index contributed by atoms with van der Waals surface area (Å²) in [6, 6.07) is 11.2. The molecule has 0 atom stereocenters. The summed E-state index contributed by atoms with van der Waals surface area (Å²) in [6.07, 6.45) is 4.05. The molecule has 0 aliphatic carbocycles. The number of rotatable bonds is 9. The highest BCUT2D eigenvalue weighted by Gasteiger charge is 2.30. The van der Waals surface area contributed by atoms with Crippen LogP contribution in [0, 0.1) is 0 Å². The molecule has 4 heterocycles. The number of nitrogens with zero attached hydrogens (tertiary/aromatic N) is 9. The fourth-order valence-corrected chi connectivity index (χ4v) is 4.71. The van der Waals surface area contributed by atoms with Gasteiger partial charge in [-0.3, -0.25) is 14.3 Å². The number of hydrogen-bond donors (Lipinski definition) is 2. The highest BCUT2D eigenvalue weighted by molar-refractivity contribution is 6.42. The summed E-state index contributed by atoms with van der Waals surface area (Å²) in [5, 5.41) is 16.5. The van der Waals surface area contributed by atoms with Gasteiger partial charge in [0, 0.05) is 50.3 Å². The summed E-state index contributed by atoms with van der Waals surface area (Å²) < 4.78 is 18.5. The van der Waals surface area contributed by atoms with E-state index in [0.717, 1.165) is 18.3 Å². The first-order chi connectivity index (χ1) is 20.3. The maximum Gasteiger partial charge on any atom is 0.295 e. The van der Waals surface area contributed by atoms with Gasteiger partial charge < -0.3 is 25.4 Å². The lowest BCUT2D eigenvalue weighted by Crippen LogP contribution is -2.51. The van der Waals surface area contributed by atoms with Crippen molar-refractivity contribution in [1.82, 2.24) is 44.8 Å². The van der Waals surface area contributed by atoms with Crippen LogP contribution in [-0.4, -0.2) is 103 Å². The number of amides is 1. The van der Waals surface area contributed by atoms with E-state index in [1.54, 1.807) is 21.6 Å². The average molecular weight is 574 g/mol. The van der Waals surface area contributed by atoms with E-state index in [4.69, 9.17) is 5.73 Å². The van der Waals surface area contributed by atoms with Crippen molar-refractivity contribution in [3.63, 3.8) is 0 Å². The molecule has 3 aromatic heterocycles. The van der Waals surface area contributed by atoms with Crippen molar-refractivity contribution in [3.8, 4) is 5.69 Å². The van der Waals surface area contributed by atoms with E-state index in [-0.39, 0.29) is 34.9 Å².